The van der Waals surface area contributed by atoms with Crippen molar-refractivity contribution in [3.63, 3.8) is 0 Å². The molecule has 1 heterocycles. The lowest BCUT2D eigenvalue weighted by Gasteiger charge is -2.13. The zero-order valence-corrected chi connectivity index (χ0v) is 16.6. The molecule has 1 aliphatic heterocycles. The van der Waals surface area contributed by atoms with Crippen molar-refractivity contribution in [1.29, 1.82) is 0 Å². The van der Waals surface area contributed by atoms with Crippen molar-refractivity contribution in [2.45, 2.75) is 29.4 Å². The van der Waals surface area contributed by atoms with Gasteiger partial charge in [0.25, 0.3) is 27.8 Å². The number of hydroxylamine groups is 2. The van der Waals surface area contributed by atoms with Crippen LogP contribution >= 0.6 is 0 Å². The number of hydrogen-bond acceptors (Lipinski definition) is 9. The highest BCUT2D eigenvalue weighted by Gasteiger charge is 2.48. The van der Waals surface area contributed by atoms with Gasteiger partial charge in [0.05, 0.1) is 11.3 Å². The number of nitrogens with zero attached hydrogens (tertiary/aromatic N) is 1. The van der Waals surface area contributed by atoms with Crippen LogP contribution in [0.3, 0.4) is 0 Å². The van der Waals surface area contributed by atoms with Gasteiger partial charge in [-0.1, -0.05) is 0 Å². The Morgan fingerprint density at radius 1 is 1.17 bits per heavy atom. The Bertz CT molecular complexity index is 1080. The van der Waals surface area contributed by atoms with Crippen LogP contribution in [0.25, 0.3) is 0 Å². The van der Waals surface area contributed by atoms with E-state index in [0.717, 1.165) is 24.3 Å². The molecule has 0 spiro atoms. The Labute approximate surface area is 169 Å². The van der Waals surface area contributed by atoms with E-state index in [1.54, 1.807) is 0 Å². The van der Waals surface area contributed by atoms with Gasteiger partial charge >= 0.3 is 16.2 Å². The molecule has 0 radical (unpaired) electrons. The quantitative estimate of drug-likeness (QED) is 0.216. The molecule has 2 rings (SSSR count). The molecule has 0 saturated carbocycles. The number of nitrogens with one attached hydrogen (secondary N) is 1. The van der Waals surface area contributed by atoms with Gasteiger partial charge in [-0.3, -0.25) is 18.9 Å². The summed E-state index contributed by atoms with van der Waals surface area (Å²) in [6.07, 6.45) is -1.20. The molecular weight excluding hydrogens is 451 g/mol. The number of benzene rings is 1. The lowest BCUT2D eigenvalue weighted by atomic mass is 10.2. The zero-order chi connectivity index (χ0) is 22.7. The molecule has 0 aliphatic carbocycles. The van der Waals surface area contributed by atoms with E-state index in [4.69, 9.17) is 4.55 Å². The largest absolute Gasteiger partial charge is 0.352 e. The summed E-state index contributed by atoms with van der Waals surface area (Å²) in [5, 5.41) is 0.341. The van der Waals surface area contributed by atoms with Crippen LogP contribution in [0.4, 0.5) is 3.89 Å². The predicted molar refractivity (Wildman–Crippen MR) is 94.2 cm³/mol. The summed E-state index contributed by atoms with van der Waals surface area (Å²) in [4.78, 5) is 50.8. The second-order valence-electron chi connectivity index (χ2n) is 6.02. The Morgan fingerprint density at radius 2 is 1.77 bits per heavy atom. The standard InChI is InChI=1S/C15H15FN2O10S2/c16-29(23,24)10-5-3-9(4-6-10)14(21)17-7-1-2-13(20)28-18-12(19)8-11(15(18)22)30(25,26)27/h3-6,11H,1-2,7-8H2,(H,17,21)(H,25,26,27). The number of imide groups is 1. The van der Waals surface area contributed by atoms with Crippen molar-refractivity contribution < 1.29 is 49.3 Å². The first-order chi connectivity index (χ1) is 13.8. The summed E-state index contributed by atoms with van der Waals surface area (Å²) in [5.74, 6) is -4.18. The highest BCUT2D eigenvalue weighted by atomic mass is 32.3. The van der Waals surface area contributed by atoms with Gasteiger partial charge in [0, 0.05) is 18.5 Å². The lowest BCUT2D eigenvalue weighted by molar-refractivity contribution is -0.197. The average Bonchev–Trinajstić information content (AvgIpc) is 2.93. The molecule has 2 N–H and O–H groups in total. The molecule has 1 fully saturated rings. The monoisotopic (exact) mass is 466 g/mol. The van der Waals surface area contributed by atoms with Crippen molar-refractivity contribution in [1.82, 2.24) is 10.4 Å². The topological polar surface area (TPSA) is 181 Å². The van der Waals surface area contributed by atoms with Crippen LogP contribution in [0.15, 0.2) is 29.2 Å². The van der Waals surface area contributed by atoms with E-state index >= 15 is 0 Å². The van der Waals surface area contributed by atoms with Crippen LogP contribution < -0.4 is 5.32 Å². The first-order valence-electron chi connectivity index (χ1n) is 8.17. The molecular formula is C15H15FN2O10S2. The highest BCUT2D eigenvalue weighted by molar-refractivity contribution is 7.87. The van der Waals surface area contributed by atoms with E-state index < -0.39 is 60.6 Å². The van der Waals surface area contributed by atoms with Gasteiger partial charge in [-0.05, 0) is 30.7 Å². The molecule has 0 bridgehead atoms. The summed E-state index contributed by atoms with van der Waals surface area (Å²) in [5.41, 5.74) is 0.0366. The van der Waals surface area contributed by atoms with Crippen molar-refractivity contribution in [3.05, 3.63) is 29.8 Å². The number of rotatable bonds is 8. The molecule has 0 aromatic heterocycles. The second-order valence-corrected chi connectivity index (χ2v) is 8.97. The number of halogens is 1. The van der Waals surface area contributed by atoms with Crippen LogP contribution in [0.1, 0.15) is 29.6 Å². The minimum absolute atomic E-state index is 0.0134. The van der Waals surface area contributed by atoms with Crippen molar-refractivity contribution in [2.24, 2.45) is 0 Å². The SMILES string of the molecule is O=C(CCCNC(=O)c1ccc(S(=O)(=O)F)cc1)ON1C(=O)CC(S(=O)(=O)O)C1=O. The van der Waals surface area contributed by atoms with Gasteiger partial charge in [-0.15, -0.1) is 8.95 Å². The molecule has 1 atom stereocenters. The Balaban J connectivity index is 1.79. The molecule has 30 heavy (non-hydrogen) atoms. The zero-order valence-electron chi connectivity index (χ0n) is 15.0. The van der Waals surface area contributed by atoms with Crippen LogP contribution in [0.5, 0.6) is 0 Å². The third-order valence-electron chi connectivity index (χ3n) is 3.86. The summed E-state index contributed by atoms with van der Waals surface area (Å²) >= 11 is 0. The Hall–Kier alpha value is -2.91. The minimum Gasteiger partial charge on any atom is -0.352 e. The van der Waals surface area contributed by atoms with Gasteiger partial charge in [0.1, 0.15) is 0 Å². The maximum atomic E-state index is 12.8. The fraction of sp³-hybridized carbons (Fsp3) is 0.333. The second kappa shape index (κ2) is 8.85. The normalized spacial score (nSPS) is 17.1. The maximum Gasteiger partial charge on any atom is 0.333 e. The number of hydrogen-bond donors (Lipinski definition) is 2. The molecule has 15 heteroatoms. The number of carbonyl (C=O) groups is 4. The Morgan fingerprint density at radius 3 is 2.27 bits per heavy atom. The van der Waals surface area contributed by atoms with Crippen molar-refractivity contribution in [2.75, 3.05) is 6.54 Å². The van der Waals surface area contributed by atoms with Gasteiger partial charge in [0.2, 0.25) is 0 Å². The third kappa shape index (κ3) is 5.80. The predicted octanol–water partition coefficient (Wildman–Crippen LogP) is -0.672. The van der Waals surface area contributed by atoms with Crippen LogP contribution in [0.2, 0.25) is 0 Å². The van der Waals surface area contributed by atoms with Crippen molar-refractivity contribution in [3.8, 4) is 0 Å². The first kappa shape index (κ1) is 23.4. The van der Waals surface area contributed by atoms with Crippen LogP contribution in [0, 0.1) is 0 Å². The molecule has 1 unspecified atom stereocenters. The van der Waals surface area contributed by atoms with Gasteiger partial charge in [-0.25, -0.2) is 4.79 Å². The molecule has 12 nitrogen and oxygen atoms in total. The smallest absolute Gasteiger partial charge is 0.333 e. The van der Waals surface area contributed by atoms with Gasteiger partial charge < -0.3 is 10.2 Å². The summed E-state index contributed by atoms with van der Waals surface area (Å²) in [6, 6.07) is 4.00. The summed E-state index contributed by atoms with van der Waals surface area (Å²) in [6.45, 7) is -0.0490. The van der Waals surface area contributed by atoms with E-state index in [-0.39, 0.29) is 30.0 Å². The van der Waals surface area contributed by atoms with E-state index in [0.29, 0.717) is 0 Å². The number of amides is 3. The van der Waals surface area contributed by atoms with Crippen LogP contribution in [-0.4, -0.2) is 61.9 Å². The molecule has 1 aromatic rings. The number of carbonyl (C=O) groups excluding carboxylic acids is 4. The van der Waals surface area contributed by atoms with E-state index in [9.17, 15) is 39.9 Å². The minimum atomic E-state index is -4.89. The average molecular weight is 466 g/mol. The molecule has 1 aliphatic rings. The third-order valence-corrected chi connectivity index (χ3v) is 5.78. The van der Waals surface area contributed by atoms with Gasteiger partial charge in [0.15, 0.2) is 5.25 Å². The highest BCUT2D eigenvalue weighted by Crippen LogP contribution is 2.20. The molecule has 1 saturated heterocycles. The molecule has 1 aromatic carbocycles. The fourth-order valence-corrected chi connectivity index (χ4v) is 3.53. The lowest BCUT2D eigenvalue weighted by Crippen LogP contribution is -2.36. The van der Waals surface area contributed by atoms with Crippen LogP contribution in [-0.2, 0) is 39.6 Å². The summed E-state index contributed by atoms with van der Waals surface area (Å²) in [7, 11) is -9.71. The first-order valence-corrected chi connectivity index (χ1v) is 11.1. The summed E-state index contributed by atoms with van der Waals surface area (Å²) < 4.78 is 65.1. The van der Waals surface area contributed by atoms with E-state index in [1.807, 2.05) is 0 Å². The van der Waals surface area contributed by atoms with E-state index in [2.05, 4.69) is 10.2 Å². The Kier molecular flexibility index (Phi) is 6.89. The van der Waals surface area contributed by atoms with Gasteiger partial charge in [-0.2, -0.15) is 16.8 Å². The van der Waals surface area contributed by atoms with E-state index in [1.165, 1.54) is 0 Å². The fourth-order valence-electron chi connectivity index (χ4n) is 2.36. The molecule has 164 valence electrons. The maximum absolute atomic E-state index is 12.8. The van der Waals surface area contributed by atoms with Crippen molar-refractivity contribution >= 4 is 44.0 Å². The molecule has 3 amide bonds.